The summed E-state index contributed by atoms with van der Waals surface area (Å²) >= 11 is 0. The van der Waals surface area contributed by atoms with Crippen molar-refractivity contribution in [2.45, 2.75) is 58.5 Å². The summed E-state index contributed by atoms with van der Waals surface area (Å²) in [6, 6.07) is 1.88. The highest BCUT2D eigenvalue weighted by molar-refractivity contribution is 4.91. The van der Waals surface area contributed by atoms with E-state index in [4.69, 9.17) is 0 Å². The van der Waals surface area contributed by atoms with Crippen LogP contribution in [0.2, 0.25) is 0 Å². The Labute approximate surface area is 77.1 Å². The number of nitrogens with zero attached hydrogens (tertiary/aromatic N) is 1. The fourth-order valence-electron chi connectivity index (χ4n) is 2.68. The fraction of sp³-hybridized carbons (Fsp3) is 1.00. The smallest absolute Gasteiger partial charge is 0.00982 e. The Morgan fingerprint density at radius 2 is 1.42 bits per heavy atom. The lowest BCUT2D eigenvalue weighted by Gasteiger charge is -2.34. The van der Waals surface area contributed by atoms with E-state index in [1.165, 1.54) is 25.7 Å². The van der Waals surface area contributed by atoms with Crippen molar-refractivity contribution in [3.8, 4) is 0 Å². The highest BCUT2D eigenvalue weighted by Crippen LogP contribution is 2.36. The molecule has 2 aliphatic rings. The molecule has 2 saturated heterocycles. The van der Waals surface area contributed by atoms with Gasteiger partial charge in [0.15, 0.2) is 0 Å². The van der Waals surface area contributed by atoms with E-state index < -0.39 is 0 Å². The van der Waals surface area contributed by atoms with Crippen LogP contribution in [0, 0.1) is 5.92 Å². The summed E-state index contributed by atoms with van der Waals surface area (Å²) in [5, 5.41) is 0. The molecule has 2 aliphatic heterocycles. The van der Waals surface area contributed by atoms with Crippen molar-refractivity contribution in [1.82, 2.24) is 4.90 Å². The minimum Gasteiger partial charge on any atom is -0.300 e. The van der Waals surface area contributed by atoms with Gasteiger partial charge in [0.25, 0.3) is 0 Å². The van der Waals surface area contributed by atoms with Gasteiger partial charge >= 0.3 is 0 Å². The van der Waals surface area contributed by atoms with E-state index in [0.29, 0.717) is 0 Å². The predicted octanol–water partition coefficient (Wildman–Crippen LogP) is 2.91. The maximum absolute atomic E-state index is 2.60. The summed E-state index contributed by atoms with van der Waals surface area (Å²) in [5.41, 5.74) is 0. The molecular weight excluding hydrogens is 146 g/mol. The molecule has 0 spiro atoms. The molecule has 0 radical (unpaired) electrons. The van der Waals surface area contributed by atoms with Crippen molar-refractivity contribution in [2.75, 3.05) is 7.05 Å². The Balaban J connectivity index is 0.000000336. The third-order valence-electron chi connectivity index (χ3n) is 3.33. The maximum atomic E-state index is 2.60. The maximum Gasteiger partial charge on any atom is 0.00982 e. The minimum atomic E-state index is 0.939. The molecular formula is C11H23N. The molecule has 0 aromatic rings. The quantitative estimate of drug-likeness (QED) is 0.539. The molecule has 2 bridgehead atoms. The molecule has 0 aromatic carbocycles. The Morgan fingerprint density at radius 3 is 1.83 bits per heavy atom. The van der Waals surface area contributed by atoms with Crippen molar-refractivity contribution < 1.29 is 0 Å². The van der Waals surface area contributed by atoms with Crippen molar-refractivity contribution >= 4 is 0 Å². The van der Waals surface area contributed by atoms with E-state index in [1.807, 2.05) is 13.8 Å². The molecule has 2 fully saturated rings. The molecule has 2 heterocycles. The summed E-state index contributed by atoms with van der Waals surface area (Å²) < 4.78 is 0. The molecule has 1 heteroatoms. The molecule has 2 rings (SSSR count). The van der Waals surface area contributed by atoms with Crippen LogP contribution in [0.15, 0.2) is 0 Å². The largest absolute Gasteiger partial charge is 0.300 e. The van der Waals surface area contributed by atoms with Crippen molar-refractivity contribution in [3.05, 3.63) is 0 Å². The molecule has 1 nitrogen and oxygen atoms in total. The molecule has 0 saturated carbocycles. The zero-order valence-corrected chi connectivity index (χ0v) is 9.01. The molecule has 12 heavy (non-hydrogen) atoms. The van der Waals surface area contributed by atoms with E-state index >= 15 is 0 Å². The monoisotopic (exact) mass is 169 g/mol. The molecule has 0 N–H and O–H groups in total. The molecule has 0 aromatic heterocycles. The van der Waals surface area contributed by atoms with Crippen molar-refractivity contribution in [3.63, 3.8) is 0 Å². The summed E-state index contributed by atoms with van der Waals surface area (Å²) in [6.07, 6.45) is 5.83. The SMILES string of the molecule is CC.CC1C[C@H]2CC[C@@H](C1)N2C. The highest BCUT2D eigenvalue weighted by Gasteiger charge is 2.36. The Bertz CT molecular complexity index is 119. The van der Waals surface area contributed by atoms with Crippen LogP contribution in [0.5, 0.6) is 0 Å². The Morgan fingerprint density at radius 1 is 1.00 bits per heavy atom. The van der Waals surface area contributed by atoms with Crippen LogP contribution in [0.1, 0.15) is 46.5 Å². The molecule has 1 unspecified atom stereocenters. The van der Waals surface area contributed by atoms with Crippen molar-refractivity contribution in [1.29, 1.82) is 0 Å². The van der Waals surface area contributed by atoms with E-state index in [0.717, 1.165) is 18.0 Å². The topological polar surface area (TPSA) is 3.24 Å². The third kappa shape index (κ3) is 1.82. The zero-order valence-electron chi connectivity index (χ0n) is 9.01. The summed E-state index contributed by atoms with van der Waals surface area (Å²) in [7, 11) is 2.30. The van der Waals surface area contributed by atoms with Crippen LogP contribution < -0.4 is 0 Å². The van der Waals surface area contributed by atoms with Gasteiger partial charge in [0.1, 0.15) is 0 Å². The third-order valence-corrected chi connectivity index (χ3v) is 3.33. The average Bonchev–Trinajstić information content (AvgIpc) is 2.35. The van der Waals surface area contributed by atoms with Crippen LogP contribution in [-0.2, 0) is 0 Å². The fourth-order valence-corrected chi connectivity index (χ4v) is 2.68. The number of piperidine rings is 1. The Kier molecular flexibility index (Phi) is 3.57. The van der Waals surface area contributed by atoms with E-state index in [9.17, 15) is 0 Å². The number of fused-ring (bicyclic) bond motifs is 2. The van der Waals surface area contributed by atoms with Crippen molar-refractivity contribution in [2.24, 2.45) is 5.92 Å². The lowest BCUT2D eigenvalue weighted by Crippen LogP contribution is -2.39. The zero-order chi connectivity index (χ0) is 9.14. The van der Waals surface area contributed by atoms with Gasteiger partial charge < -0.3 is 4.90 Å². The first-order valence-electron chi connectivity index (χ1n) is 5.49. The first-order valence-corrected chi connectivity index (χ1v) is 5.49. The number of hydrogen-bond acceptors (Lipinski definition) is 1. The second-order valence-corrected chi connectivity index (χ2v) is 4.13. The van der Waals surface area contributed by atoms with Gasteiger partial charge in [-0.05, 0) is 38.6 Å². The second kappa shape index (κ2) is 4.27. The lowest BCUT2D eigenvalue weighted by molar-refractivity contribution is 0.142. The van der Waals surface area contributed by atoms with Crippen LogP contribution in [0.25, 0.3) is 0 Å². The van der Waals surface area contributed by atoms with Gasteiger partial charge in [-0.2, -0.15) is 0 Å². The summed E-state index contributed by atoms with van der Waals surface area (Å²) in [4.78, 5) is 2.60. The molecule has 72 valence electrons. The van der Waals surface area contributed by atoms with E-state index in [1.54, 1.807) is 0 Å². The number of rotatable bonds is 0. The summed E-state index contributed by atoms with van der Waals surface area (Å²) in [6.45, 7) is 6.40. The average molecular weight is 169 g/mol. The van der Waals surface area contributed by atoms with Gasteiger partial charge in [0.2, 0.25) is 0 Å². The Hall–Kier alpha value is -0.0400. The predicted molar refractivity (Wildman–Crippen MR) is 54.3 cm³/mol. The van der Waals surface area contributed by atoms with Crippen LogP contribution in [-0.4, -0.2) is 24.0 Å². The van der Waals surface area contributed by atoms with Gasteiger partial charge in [0, 0.05) is 12.1 Å². The standard InChI is InChI=1S/C9H17N.C2H6/c1-7-5-8-3-4-9(6-7)10(8)2;1-2/h7-9H,3-6H2,1-2H3;1-2H3/t7?,8-,9+;. The minimum absolute atomic E-state index is 0.939. The van der Waals surface area contributed by atoms with Gasteiger partial charge in [0.05, 0.1) is 0 Å². The molecule has 0 aliphatic carbocycles. The van der Waals surface area contributed by atoms with Crippen LogP contribution >= 0.6 is 0 Å². The lowest BCUT2D eigenvalue weighted by atomic mass is 9.93. The molecule has 3 atom stereocenters. The van der Waals surface area contributed by atoms with Gasteiger partial charge in [-0.15, -0.1) is 0 Å². The van der Waals surface area contributed by atoms with Crippen LogP contribution in [0.4, 0.5) is 0 Å². The summed E-state index contributed by atoms with van der Waals surface area (Å²) in [5.74, 6) is 0.994. The second-order valence-electron chi connectivity index (χ2n) is 4.13. The first kappa shape index (κ1) is 10.0. The van der Waals surface area contributed by atoms with E-state index in [2.05, 4.69) is 18.9 Å². The number of hydrogen-bond donors (Lipinski definition) is 0. The van der Waals surface area contributed by atoms with Gasteiger partial charge in [-0.3, -0.25) is 0 Å². The molecule has 0 amide bonds. The first-order chi connectivity index (χ1) is 5.77. The van der Waals surface area contributed by atoms with Gasteiger partial charge in [-0.1, -0.05) is 20.8 Å². The highest BCUT2D eigenvalue weighted by atomic mass is 15.2. The van der Waals surface area contributed by atoms with Gasteiger partial charge in [-0.25, -0.2) is 0 Å². The normalized spacial score (nSPS) is 40.5. The van der Waals surface area contributed by atoms with Crippen LogP contribution in [0.3, 0.4) is 0 Å². The van der Waals surface area contributed by atoms with E-state index in [-0.39, 0.29) is 0 Å².